The molecule has 0 aliphatic carbocycles. The number of terminal acetylenes is 1. The minimum absolute atomic E-state index is 0.364. The molecule has 3 rings (SSSR count). The van der Waals surface area contributed by atoms with Gasteiger partial charge in [-0.1, -0.05) is 11.5 Å². The summed E-state index contributed by atoms with van der Waals surface area (Å²) in [5.74, 6) is 2.82. The number of benzene rings is 1. The highest BCUT2D eigenvalue weighted by atomic mass is 32.1. The molecule has 0 spiro atoms. The molecule has 0 amide bonds. The Morgan fingerprint density at radius 1 is 1.48 bits per heavy atom. The monoisotopic (exact) mass is 297 g/mol. The molecule has 1 aromatic carbocycles. The highest BCUT2D eigenvalue weighted by molar-refractivity contribution is 7.71. The Labute approximate surface area is 130 Å². The number of rotatable bonds is 1. The largest absolute Gasteiger partial charge is 0.369 e. The van der Waals surface area contributed by atoms with Crippen molar-refractivity contribution in [3.05, 3.63) is 39.8 Å². The molecule has 3 nitrogen and oxygen atoms in total. The molecular weight excluding hydrogens is 278 g/mol. The van der Waals surface area contributed by atoms with Crippen LogP contribution in [0.25, 0.3) is 11.0 Å². The summed E-state index contributed by atoms with van der Waals surface area (Å²) in [5, 5.41) is 0. The second kappa shape index (κ2) is 5.09. The lowest BCUT2D eigenvalue weighted by Gasteiger charge is -2.26. The van der Waals surface area contributed by atoms with Crippen molar-refractivity contribution in [1.29, 1.82) is 0 Å². The Morgan fingerprint density at radius 3 is 2.90 bits per heavy atom. The number of hydrogen-bond donors (Lipinski definition) is 1. The smallest absolute Gasteiger partial charge is 0.178 e. The van der Waals surface area contributed by atoms with Crippen molar-refractivity contribution in [2.24, 2.45) is 0 Å². The molecule has 2 aromatic rings. The van der Waals surface area contributed by atoms with Gasteiger partial charge in [0.25, 0.3) is 0 Å². The second-order valence-corrected chi connectivity index (χ2v) is 6.29. The third kappa shape index (κ3) is 2.28. The highest BCUT2D eigenvalue weighted by Crippen LogP contribution is 2.28. The first-order valence-electron chi connectivity index (χ1n) is 7.13. The predicted octanol–water partition coefficient (Wildman–Crippen LogP) is 3.81. The van der Waals surface area contributed by atoms with Gasteiger partial charge in [0.2, 0.25) is 0 Å². The summed E-state index contributed by atoms with van der Waals surface area (Å²) in [6.07, 6.45) is 7.91. The number of hydrogen-bond acceptors (Lipinski definition) is 2. The van der Waals surface area contributed by atoms with Gasteiger partial charge in [0.05, 0.1) is 11.0 Å². The number of H-pyrrole nitrogens is 1. The SMILES string of the molecule is C#Cc1ccc2[nH]c(=S)n3c2c1CN(C=C(C)C)[C@@H](C)C3. The van der Waals surface area contributed by atoms with Crippen molar-refractivity contribution in [1.82, 2.24) is 14.5 Å². The van der Waals surface area contributed by atoms with Gasteiger partial charge in [-0.25, -0.2) is 0 Å². The van der Waals surface area contributed by atoms with Gasteiger partial charge < -0.3 is 14.5 Å². The van der Waals surface area contributed by atoms with Gasteiger partial charge in [-0.2, -0.15) is 0 Å². The Bertz CT molecular complexity index is 828. The van der Waals surface area contributed by atoms with Crippen molar-refractivity contribution in [3.8, 4) is 12.3 Å². The predicted molar refractivity (Wildman–Crippen MR) is 89.5 cm³/mol. The van der Waals surface area contributed by atoms with Crippen molar-refractivity contribution >= 4 is 23.3 Å². The first-order chi connectivity index (χ1) is 10.0. The summed E-state index contributed by atoms with van der Waals surface area (Å²) in [7, 11) is 0. The van der Waals surface area contributed by atoms with Crippen LogP contribution >= 0.6 is 12.2 Å². The van der Waals surface area contributed by atoms with Gasteiger partial charge in [0.15, 0.2) is 4.77 Å². The Kier molecular flexibility index (Phi) is 3.38. The second-order valence-electron chi connectivity index (χ2n) is 5.90. The van der Waals surface area contributed by atoms with Gasteiger partial charge in [-0.3, -0.25) is 0 Å². The van der Waals surface area contributed by atoms with E-state index in [9.17, 15) is 0 Å². The average Bonchev–Trinajstić information content (AvgIpc) is 2.65. The van der Waals surface area contributed by atoms with Crippen LogP contribution in [0.4, 0.5) is 0 Å². The number of imidazole rings is 1. The summed E-state index contributed by atoms with van der Waals surface area (Å²) < 4.78 is 2.95. The minimum atomic E-state index is 0.364. The molecule has 1 aromatic heterocycles. The standard InChI is InChI=1S/C17H19N3S/c1-5-13-6-7-15-16-14(13)10-19(8-11(2)3)12(4)9-20(16)17(21)18-15/h1,6-8,12H,9-10H2,2-4H3,(H,18,21)/t12-/m0/s1. The molecule has 1 N–H and O–H groups in total. The van der Waals surface area contributed by atoms with Crippen molar-refractivity contribution in [2.75, 3.05) is 0 Å². The molecule has 2 heterocycles. The van der Waals surface area contributed by atoms with E-state index in [-0.39, 0.29) is 0 Å². The summed E-state index contributed by atoms with van der Waals surface area (Å²) in [6, 6.07) is 4.40. The van der Waals surface area contributed by atoms with E-state index < -0.39 is 0 Å². The number of aromatic nitrogens is 2. The van der Waals surface area contributed by atoms with Crippen molar-refractivity contribution < 1.29 is 0 Å². The van der Waals surface area contributed by atoms with Crippen LogP contribution in [0.15, 0.2) is 23.9 Å². The van der Waals surface area contributed by atoms with Crippen LogP contribution in [0.1, 0.15) is 31.9 Å². The van der Waals surface area contributed by atoms with Gasteiger partial charge in [0.1, 0.15) is 0 Å². The van der Waals surface area contributed by atoms with E-state index in [4.69, 9.17) is 18.6 Å². The van der Waals surface area contributed by atoms with Crippen LogP contribution in [0, 0.1) is 17.1 Å². The van der Waals surface area contributed by atoms with E-state index in [2.05, 4.69) is 47.3 Å². The summed E-state index contributed by atoms with van der Waals surface area (Å²) in [6.45, 7) is 8.14. The lowest BCUT2D eigenvalue weighted by atomic mass is 10.1. The average molecular weight is 297 g/mol. The van der Waals surface area contributed by atoms with E-state index in [0.29, 0.717) is 6.04 Å². The first kappa shape index (κ1) is 14.0. The van der Waals surface area contributed by atoms with Crippen molar-refractivity contribution in [3.63, 3.8) is 0 Å². The molecule has 4 heteroatoms. The lowest BCUT2D eigenvalue weighted by molar-refractivity contribution is 0.267. The van der Waals surface area contributed by atoms with Crippen LogP contribution in [-0.2, 0) is 13.1 Å². The van der Waals surface area contributed by atoms with Gasteiger partial charge >= 0.3 is 0 Å². The molecule has 0 saturated heterocycles. The Morgan fingerprint density at radius 2 is 2.24 bits per heavy atom. The normalized spacial score (nSPS) is 17.4. The van der Waals surface area contributed by atoms with Crippen LogP contribution in [0.2, 0.25) is 0 Å². The molecule has 108 valence electrons. The van der Waals surface area contributed by atoms with Gasteiger partial charge in [-0.05, 0) is 51.3 Å². The zero-order chi connectivity index (χ0) is 15.1. The minimum Gasteiger partial charge on any atom is -0.369 e. The summed E-state index contributed by atoms with van der Waals surface area (Å²) >= 11 is 5.49. The van der Waals surface area contributed by atoms with E-state index in [1.165, 1.54) is 11.1 Å². The number of nitrogens with one attached hydrogen (secondary N) is 1. The van der Waals surface area contributed by atoms with Crippen LogP contribution in [0.3, 0.4) is 0 Å². The number of allylic oxidation sites excluding steroid dienone is 1. The molecular formula is C17H19N3S. The third-order valence-corrected chi connectivity index (χ3v) is 4.30. The van der Waals surface area contributed by atoms with E-state index in [1.807, 2.05) is 12.1 Å². The van der Waals surface area contributed by atoms with Gasteiger partial charge in [0, 0.05) is 30.3 Å². The fourth-order valence-corrected chi connectivity index (χ4v) is 3.29. The zero-order valence-electron chi connectivity index (χ0n) is 12.6. The fraction of sp³-hybridized carbons (Fsp3) is 0.353. The maximum absolute atomic E-state index is 5.70. The molecule has 0 bridgehead atoms. The van der Waals surface area contributed by atoms with Crippen molar-refractivity contribution in [2.45, 2.75) is 39.9 Å². The topological polar surface area (TPSA) is 24.0 Å². The van der Waals surface area contributed by atoms with Crippen LogP contribution < -0.4 is 0 Å². The fourth-order valence-electron chi connectivity index (χ4n) is 3.01. The van der Waals surface area contributed by atoms with Gasteiger partial charge in [-0.15, -0.1) is 6.42 Å². The number of aromatic amines is 1. The molecule has 0 unspecified atom stereocenters. The molecule has 0 radical (unpaired) electrons. The molecule has 1 aliphatic rings. The molecule has 0 fully saturated rings. The van der Waals surface area contributed by atoms with Crippen LogP contribution in [0.5, 0.6) is 0 Å². The third-order valence-electron chi connectivity index (χ3n) is 3.97. The molecule has 1 atom stereocenters. The zero-order valence-corrected chi connectivity index (χ0v) is 13.4. The molecule has 1 aliphatic heterocycles. The lowest BCUT2D eigenvalue weighted by Crippen LogP contribution is -2.30. The molecule has 21 heavy (non-hydrogen) atoms. The first-order valence-corrected chi connectivity index (χ1v) is 7.54. The Balaban J connectivity index is 2.29. The maximum Gasteiger partial charge on any atom is 0.178 e. The summed E-state index contributed by atoms with van der Waals surface area (Å²) in [4.78, 5) is 5.64. The quantitative estimate of drug-likeness (QED) is 0.639. The highest BCUT2D eigenvalue weighted by Gasteiger charge is 2.23. The molecule has 0 saturated carbocycles. The summed E-state index contributed by atoms with van der Waals surface area (Å²) in [5.41, 5.74) is 5.65. The van der Waals surface area contributed by atoms with E-state index in [1.54, 1.807) is 0 Å². The number of nitrogens with zero attached hydrogens (tertiary/aromatic N) is 2. The maximum atomic E-state index is 5.70. The Hall–Kier alpha value is -1.99. The van der Waals surface area contributed by atoms with E-state index >= 15 is 0 Å². The van der Waals surface area contributed by atoms with E-state index in [0.717, 1.165) is 34.5 Å². The van der Waals surface area contributed by atoms with Crippen LogP contribution in [-0.4, -0.2) is 20.5 Å².